The van der Waals surface area contributed by atoms with E-state index in [1.807, 2.05) is 0 Å². The van der Waals surface area contributed by atoms with Crippen LogP contribution >= 0.6 is 0 Å². The Morgan fingerprint density at radius 1 is 1.07 bits per heavy atom. The van der Waals surface area contributed by atoms with Gasteiger partial charge in [0.25, 0.3) is 11.8 Å². The van der Waals surface area contributed by atoms with Gasteiger partial charge in [0.2, 0.25) is 0 Å². The molecule has 0 unspecified atom stereocenters. The Kier molecular flexibility index (Phi) is 5.64. The monoisotopic (exact) mass is 386 g/mol. The number of nitrogens with zero attached hydrogens (tertiary/aromatic N) is 1. The van der Waals surface area contributed by atoms with E-state index in [0.29, 0.717) is 5.75 Å². The zero-order valence-electron chi connectivity index (χ0n) is 14.8. The van der Waals surface area contributed by atoms with Crippen molar-refractivity contribution in [2.24, 2.45) is 0 Å². The minimum atomic E-state index is -1.03. The first-order valence-corrected chi connectivity index (χ1v) is 8.20. The number of aromatic amines is 1. The summed E-state index contributed by atoms with van der Waals surface area (Å²) in [7, 11) is 1.55. The molecule has 3 rings (SSSR count). The van der Waals surface area contributed by atoms with Crippen molar-refractivity contribution in [3.8, 4) is 5.75 Å². The van der Waals surface area contributed by atoms with E-state index in [1.165, 1.54) is 6.20 Å². The van der Waals surface area contributed by atoms with Crippen LogP contribution in [-0.2, 0) is 6.54 Å². The van der Waals surface area contributed by atoms with Gasteiger partial charge in [0, 0.05) is 12.7 Å². The summed E-state index contributed by atoms with van der Waals surface area (Å²) in [5.74, 6) is -2.92. The lowest BCUT2D eigenvalue weighted by atomic mass is 10.1. The molecule has 0 aliphatic carbocycles. The highest BCUT2D eigenvalue weighted by Gasteiger charge is 2.21. The number of aromatic nitrogens is 2. The van der Waals surface area contributed by atoms with Crippen LogP contribution in [0.4, 0.5) is 14.5 Å². The number of benzene rings is 2. The summed E-state index contributed by atoms with van der Waals surface area (Å²) in [6, 6.07) is 10.2. The number of nitrogens with one attached hydrogen (secondary N) is 3. The highest BCUT2D eigenvalue weighted by atomic mass is 19.1. The van der Waals surface area contributed by atoms with Crippen molar-refractivity contribution in [2.75, 3.05) is 12.4 Å². The molecule has 0 bridgehead atoms. The summed E-state index contributed by atoms with van der Waals surface area (Å²) < 4.78 is 32.5. The fourth-order valence-corrected chi connectivity index (χ4v) is 2.47. The first kappa shape index (κ1) is 19.0. The molecule has 1 heterocycles. The highest BCUT2D eigenvalue weighted by molar-refractivity contribution is 6.08. The molecule has 0 saturated carbocycles. The average Bonchev–Trinajstić information content (AvgIpc) is 3.14. The number of anilines is 1. The second kappa shape index (κ2) is 8.30. The van der Waals surface area contributed by atoms with Crippen LogP contribution in [0.15, 0.2) is 48.7 Å². The number of ether oxygens (including phenoxy) is 1. The first-order chi connectivity index (χ1) is 13.5. The molecule has 3 N–H and O–H groups in total. The number of hydrogen-bond donors (Lipinski definition) is 3. The lowest BCUT2D eigenvalue weighted by molar-refractivity contribution is 0.0946. The summed E-state index contributed by atoms with van der Waals surface area (Å²) in [4.78, 5) is 24.5. The second-order valence-electron chi connectivity index (χ2n) is 5.73. The maximum absolute atomic E-state index is 13.7. The number of carbonyl (C=O) groups is 2. The normalized spacial score (nSPS) is 10.4. The van der Waals surface area contributed by atoms with Gasteiger partial charge in [-0.05, 0) is 29.8 Å². The van der Waals surface area contributed by atoms with Crippen molar-refractivity contribution >= 4 is 17.5 Å². The maximum Gasteiger partial charge on any atom is 0.274 e. The first-order valence-electron chi connectivity index (χ1n) is 8.20. The van der Waals surface area contributed by atoms with Crippen molar-refractivity contribution < 1.29 is 23.1 Å². The van der Waals surface area contributed by atoms with Crippen LogP contribution in [0.3, 0.4) is 0 Å². The number of carbonyl (C=O) groups excluding carboxylic acids is 2. The quantitative estimate of drug-likeness (QED) is 0.607. The predicted octanol–water partition coefficient (Wildman–Crippen LogP) is 2.88. The number of methoxy groups -OCH3 is 1. The minimum Gasteiger partial charge on any atom is -0.497 e. The number of rotatable bonds is 6. The van der Waals surface area contributed by atoms with Crippen LogP contribution in [0.2, 0.25) is 0 Å². The van der Waals surface area contributed by atoms with Crippen LogP contribution in [0.1, 0.15) is 26.4 Å². The molecule has 2 aromatic carbocycles. The molecule has 0 atom stereocenters. The van der Waals surface area contributed by atoms with Crippen LogP contribution in [0.25, 0.3) is 0 Å². The molecule has 0 aliphatic heterocycles. The summed E-state index contributed by atoms with van der Waals surface area (Å²) in [6.45, 7) is 0.213. The summed E-state index contributed by atoms with van der Waals surface area (Å²) in [5, 5.41) is 11.2. The largest absolute Gasteiger partial charge is 0.497 e. The lowest BCUT2D eigenvalue weighted by Crippen LogP contribution is -2.25. The topological polar surface area (TPSA) is 96.1 Å². The third kappa shape index (κ3) is 4.14. The van der Waals surface area contributed by atoms with Crippen molar-refractivity contribution in [3.63, 3.8) is 0 Å². The molecule has 7 nitrogen and oxygen atoms in total. The number of amides is 2. The van der Waals surface area contributed by atoms with Crippen molar-refractivity contribution in [2.45, 2.75) is 6.54 Å². The molecule has 0 saturated heterocycles. The Bertz CT molecular complexity index is 982. The van der Waals surface area contributed by atoms with Crippen LogP contribution in [0, 0.1) is 11.6 Å². The van der Waals surface area contributed by atoms with E-state index in [2.05, 4.69) is 20.8 Å². The summed E-state index contributed by atoms with van der Waals surface area (Å²) in [5.41, 5.74) is -0.0320. The average molecular weight is 386 g/mol. The third-order valence-electron chi connectivity index (χ3n) is 3.91. The molecule has 144 valence electrons. The van der Waals surface area contributed by atoms with Gasteiger partial charge in [-0.3, -0.25) is 14.7 Å². The smallest absolute Gasteiger partial charge is 0.274 e. The van der Waals surface area contributed by atoms with Gasteiger partial charge < -0.3 is 15.4 Å². The molecular formula is C19H16F2N4O3. The molecule has 0 aliphatic rings. The molecule has 3 aromatic rings. The van der Waals surface area contributed by atoms with Crippen LogP contribution < -0.4 is 15.4 Å². The van der Waals surface area contributed by atoms with Crippen LogP contribution in [0.5, 0.6) is 5.75 Å². The molecule has 0 fully saturated rings. The van der Waals surface area contributed by atoms with E-state index in [9.17, 15) is 18.4 Å². The Hall–Kier alpha value is -3.75. The summed E-state index contributed by atoms with van der Waals surface area (Å²) >= 11 is 0. The number of hydrogen-bond acceptors (Lipinski definition) is 4. The summed E-state index contributed by atoms with van der Waals surface area (Å²) in [6.07, 6.45) is 1.25. The number of H-pyrrole nitrogens is 1. The van der Waals surface area contributed by atoms with E-state index in [-0.39, 0.29) is 17.9 Å². The van der Waals surface area contributed by atoms with E-state index >= 15 is 0 Å². The van der Waals surface area contributed by atoms with Gasteiger partial charge in [0.15, 0.2) is 5.69 Å². The minimum absolute atomic E-state index is 0.000107. The Labute approximate surface area is 158 Å². The van der Waals surface area contributed by atoms with Crippen molar-refractivity contribution in [3.05, 3.63) is 77.1 Å². The number of halogens is 2. The molecule has 28 heavy (non-hydrogen) atoms. The fourth-order valence-electron chi connectivity index (χ4n) is 2.47. The molecule has 1 aromatic heterocycles. The third-order valence-corrected chi connectivity index (χ3v) is 3.91. The van der Waals surface area contributed by atoms with Crippen LogP contribution in [-0.4, -0.2) is 29.1 Å². The predicted molar refractivity (Wildman–Crippen MR) is 97.1 cm³/mol. The zero-order chi connectivity index (χ0) is 20.1. The van der Waals surface area contributed by atoms with Gasteiger partial charge in [0.1, 0.15) is 22.9 Å². The fraction of sp³-hybridized carbons (Fsp3) is 0.105. The van der Waals surface area contributed by atoms with Gasteiger partial charge >= 0.3 is 0 Å². The van der Waals surface area contributed by atoms with Gasteiger partial charge in [-0.25, -0.2) is 8.78 Å². The zero-order valence-corrected chi connectivity index (χ0v) is 14.8. The van der Waals surface area contributed by atoms with Crippen molar-refractivity contribution in [1.82, 2.24) is 15.5 Å². The standard InChI is InChI=1S/C19H16F2N4O3/c1-28-12-7-5-11(6-8-12)9-22-19(27)17-15(10-23-25-17)24-18(26)16-13(20)3-2-4-14(16)21/h2-8,10H,9H2,1H3,(H,22,27)(H,23,25)(H,24,26). The van der Waals surface area contributed by atoms with Crippen molar-refractivity contribution in [1.29, 1.82) is 0 Å². The van der Waals surface area contributed by atoms with Gasteiger partial charge in [-0.2, -0.15) is 5.10 Å². The molecule has 2 amide bonds. The SMILES string of the molecule is COc1ccc(CNC(=O)c2n[nH]cc2NC(=O)c2c(F)cccc2F)cc1. The molecule has 0 spiro atoms. The molecule has 9 heteroatoms. The van der Waals surface area contributed by atoms with Gasteiger partial charge in [-0.1, -0.05) is 18.2 Å². The van der Waals surface area contributed by atoms with E-state index < -0.39 is 29.0 Å². The Balaban J connectivity index is 1.68. The maximum atomic E-state index is 13.7. The molecule has 0 radical (unpaired) electrons. The highest BCUT2D eigenvalue weighted by Crippen LogP contribution is 2.17. The second-order valence-corrected chi connectivity index (χ2v) is 5.73. The van der Waals surface area contributed by atoms with E-state index in [1.54, 1.807) is 31.4 Å². The Morgan fingerprint density at radius 2 is 1.75 bits per heavy atom. The molecular weight excluding hydrogens is 370 g/mol. The Morgan fingerprint density at radius 3 is 2.39 bits per heavy atom. The lowest BCUT2D eigenvalue weighted by Gasteiger charge is -2.08. The van der Waals surface area contributed by atoms with E-state index in [4.69, 9.17) is 4.74 Å². The van der Waals surface area contributed by atoms with Gasteiger partial charge in [-0.15, -0.1) is 0 Å². The van der Waals surface area contributed by atoms with E-state index in [0.717, 1.165) is 23.8 Å². The van der Waals surface area contributed by atoms with Gasteiger partial charge in [0.05, 0.1) is 12.8 Å².